The summed E-state index contributed by atoms with van der Waals surface area (Å²) in [7, 11) is 3.14. The summed E-state index contributed by atoms with van der Waals surface area (Å²) < 4.78 is 10.7. The third-order valence-electron chi connectivity index (χ3n) is 5.22. The summed E-state index contributed by atoms with van der Waals surface area (Å²) in [5.41, 5.74) is 1.89. The van der Waals surface area contributed by atoms with Gasteiger partial charge in [-0.2, -0.15) is 0 Å². The molecule has 0 aliphatic carbocycles. The van der Waals surface area contributed by atoms with Gasteiger partial charge >= 0.3 is 6.03 Å². The van der Waals surface area contributed by atoms with E-state index in [0.29, 0.717) is 30.3 Å². The highest BCUT2D eigenvalue weighted by molar-refractivity contribution is 5.97. The van der Waals surface area contributed by atoms with Crippen molar-refractivity contribution >= 4 is 17.6 Å². The second-order valence-corrected chi connectivity index (χ2v) is 7.39. The van der Waals surface area contributed by atoms with Gasteiger partial charge in [0.05, 0.1) is 19.9 Å². The summed E-state index contributed by atoms with van der Waals surface area (Å²) in [5, 5.41) is 3.00. The number of hydrogen-bond donors (Lipinski definition) is 1. The van der Waals surface area contributed by atoms with E-state index in [1.807, 2.05) is 25.1 Å². The number of benzene rings is 2. The highest BCUT2D eigenvalue weighted by atomic mass is 16.5. The Labute approximate surface area is 177 Å². The third-order valence-corrected chi connectivity index (χ3v) is 5.22. The number of aryl methyl sites for hydroxylation is 1. The summed E-state index contributed by atoms with van der Waals surface area (Å²) in [6.45, 7) is 2.99. The summed E-state index contributed by atoms with van der Waals surface area (Å²) in [5.74, 6) is 1.08. The van der Waals surface area contributed by atoms with Gasteiger partial charge in [-0.05, 0) is 37.5 Å². The number of anilines is 1. The van der Waals surface area contributed by atoms with Crippen LogP contribution in [0.15, 0.2) is 48.5 Å². The van der Waals surface area contributed by atoms with Crippen LogP contribution in [0.5, 0.6) is 11.5 Å². The minimum Gasteiger partial charge on any atom is -0.497 e. The van der Waals surface area contributed by atoms with Crippen molar-refractivity contribution in [1.29, 1.82) is 0 Å². The molecule has 1 N–H and O–H groups in total. The van der Waals surface area contributed by atoms with Gasteiger partial charge in [-0.3, -0.25) is 9.69 Å². The van der Waals surface area contributed by atoms with E-state index in [2.05, 4.69) is 17.4 Å². The van der Waals surface area contributed by atoms with Crippen molar-refractivity contribution < 1.29 is 19.1 Å². The molecule has 1 atom stereocenters. The van der Waals surface area contributed by atoms with Crippen molar-refractivity contribution in [3.05, 3.63) is 54.1 Å². The average molecular weight is 412 g/mol. The van der Waals surface area contributed by atoms with Gasteiger partial charge in [0, 0.05) is 25.2 Å². The smallest absolute Gasteiger partial charge is 0.325 e. The number of methoxy groups -OCH3 is 2. The van der Waals surface area contributed by atoms with Crippen LogP contribution in [-0.2, 0) is 11.2 Å². The molecule has 1 aliphatic rings. The number of nitrogens with one attached hydrogen (secondary N) is 1. The second-order valence-electron chi connectivity index (χ2n) is 7.39. The van der Waals surface area contributed by atoms with Crippen molar-refractivity contribution in [2.45, 2.75) is 25.8 Å². The van der Waals surface area contributed by atoms with Crippen molar-refractivity contribution in [2.75, 3.05) is 38.8 Å². The third kappa shape index (κ3) is 5.23. The van der Waals surface area contributed by atoms with Gasteiger partial charge in [0.1, 0.15) is 18.0 Å². The van der Waals surface area contributed by atoms with Crippen LogP contribution in [0.25, 0.3) is 0 Å². The van der Waals surface area contributed by atoms with Crippen molar-refractivity contribution in [3.8, 4) is 11.5 Å². The first-order valence-corrected chi connectivity index (χ1v) is 10.1. The lowest BCUT2D eigenvalue weighted by molar-refractivity contribution is -0.122. The van der Waals surface area contributed by atoms with Crippen LogP contribution < -0.4 is 19.7 Å². The molecule has 1 unspecified atom stereocenters. The Kier molecular flexibility index (Phi) is 7.17. The normalized spacial score (nSPS) is 14.6. The number of carbonyl (C=O) groups excluding carboxylic acids is 2. The first-order valence-electron chi connectivity index (χ1n) is 10.1. The summed E-state index contributed by atoms with van der Waals surface area (Å²) in [6, 6.07) is 15.3. The van der Waals surface area contributed by atoms with Crippen molar-refractivity contribution in [2.24, 2.45) is 0 Å². The number of urea groups is 1. The standard InChI is InChI=1S/C23H29N3O4/c1-17(9-10-18-7-5-4-6-8-18)24-22(27)16-25-13-14-26(23(25)28)20-15-19(29-2)11-12-21(20)30-3/h4-8,11-12,15,17H,9-10,13-14,16H2,1-3H3,(H,24,27). The van der Waals surface area contributed by atoms with E-state index in [9.17, 15) is 9.59 Å². The maximum Gasteiger partial charge on any atom is 0.325 e. The quantitative estimate of drug-likeness (QED) is 0.688. The summed E-state index contributed by atoms with van der Waals surface area (Å²) in [6.07, 6.45) is 1.74. The van der Waals surface area contributed by atoms with E-state index in [-0.39, 0.29) is 24.5 Å². The fourth-order valence-electron chi connectivity index (χ4n) is 3.55. The fourth-order valence-corrected chi connectivity index (χ4v) is 3.55. The molecule has 3 rings (SSSR count). The molecule has 30 heavy (non-hydrogen) atoms. The number of carbonyl (C=O) groups is 2. The lowest BCUT2D eigenvalue weighted by Crippen LogP contribution is -2.43. The van der Waals surface area contributed by atoms with Crippen LogP contribution in [0.1, 0.15) is 18.9 Å². The fraction of sp³-hybridized carbons (Fsp3) is 0.391. The molecule has 0 spiro atoms. The van der Waals surface area contributed by atoms with E-state index in [1.165, 1.54) is 5.56 Å². The monoisotopic (exact) mass is 411 g/mol. The van der Waals surface area contributed by atoms with Gasteiger partial charge in [0.2, 0.25) is 5.91 Å². The van der Waals surface area contributed by atoms with E-state index in [1.54, 1.807) is 42.2 Å². The SMILES string of the molecule is COc1ccc(OC)c(N2CCN(CC(=O)NC(C)CCc3ccccc3)C2=O)c1. The predicted molar refractivity (Wildman–Crippen MR) is 116 cm³/mol. The Hall–Kier alpha value is -3.22. The first-order chi connectivity index (χ1) is 14.5. The Morgan fingerprint density at radius 3 is 2.57 bits per heavy atom. The molecule has 3 amide bonds. The predicted octanol–water partition coefficient (Wildman–Crippen LogP) is 3.08. The zero-order valence-electron chi connectivity index (χ0n) is 17.8. The minimum absolute atomic E-state index is 0.0324. The van der Waals surface area contributed by atoms with Gasteiger partial charge in [0.15, 0.2) is 0 Å². The van der Waals surface area contributed by atoms with Crippen molar-refractivity contribution in [3.63, 3.8) is 0 Å². The highest BCUT2D eigenvalue weighted by Gasteiger charge is 2.32. The molecule has 7 nitrogen and oxygen atoms in total. The maximum absolute atomic E-state index is 12.9. The molecule has 1 aliphatic heterocycles. The lowest BCUT2D eigenvalue weighted by atomic mass is 10.1. The van der Waals surface area contributed by atoms with Crippen LogP contribution in [0, 0.1) is 0 Å². The van der Waals surface area contributed by atoms with Crippen LogP contribution in [0.2, 0.25) is 0 Å². The largest absolute Gasteiger partial charge is 0.497 e. The molecular formula is C23H29N3O4. The van der Waals surface area contributed by atoms with Gasteiger partial charge in [0.25, 0.3) is 0 Å². The molecule has 1 fully saturated rings. The molecule has 0 saturated carbocycles. The lowest BCUT2D eigenvalue weighted by Gasteiger charge is -2.21. The van der Waals surface area contributed by atoms with Crippen LogP contribution in [-0.4, -0.2) is 56.7 Å². The zero-order valence-corrected chi connectivity index (χ0v) is 17.8. The molecule has 0 radical (unpaired) electrons. The van der Waals surface area contributed by atoms with Gasteiger partial charge < -0.3 is 19.7 Å². The molecule has 160 valence electrons. The molecule has 1 saturated heterocycles. The molecule has 2 aromatic rings. The Morgan fingerprint density at radius 2 is 1.87 bits per heavy atom. The van der Waals surface area contributed by atoms with Crippen LogP contribution >= 0.6 is 0 Å². The van der Waals surface area contributed by atoms with Gasteiger partial charge in [-0.1, -0.05) is 30.3 Å². The Balaban J connectivity index is 1.54. The maximum atomic E-state index is 12.9. The van der Waals surface area contributed by atoms with Crippen LogP contribution in [0.4, 0.5) is 10.5 Å². The first kappa shape index (κ1) is 21.5. The number of nitrogens with zero attached hydrogens (tertiary/aromatic N) is 2. The van der Waals surface area contributed by atoms with E-state index in [4.69, 9.17) is 9.47 Å². The van der Waals surface area contributed by atoms with E-state index >= 15 is 0 Å². The topological polar surface area (TPSA) is 71.1 Å². The Morgan fingerprint density at radius 1 is 1.10 bits per heavy atom. The molecule has 2 aromatic carbocycles. The number of ether oxygens (including phenoxy) is 2. The number of rotatable bonds is 9. The minimum atomic E-state index is -0.214. The summed E-state index contributed by atoms with van der Waals surface area (Å²) >= 11 is 0. The van der Waals surface area contributed by atoms with Crippen LogP contribution in [0.3, 0.4) is 0 Å². The molecule has 0 aromatic heterocycles. The molecule has 0 bridgehead atoms. The number of hydrogen-bond acceptors (Lipinski definition) is 4. The molecular weight excluding hydrogens is 382 g/mol. The van der Waals surface area contributed by atoms with E-state index < -0.39 is 0 Å². The van der Waals surface area contributed by atoms with Gasteiger partial charge in [-0.15, -0.1) is 0 Å². The molecule has 7 heteroatoms. The average Bonchev–Trinajstić information content (AvgIpc) is 3.12. The van der Waals surface area contributed by atoms with Crippen molar-refractivity contribution in [1.82, 2.24) is 10.2 Å². The highest BCUT2D eigenvalue weighted by Crippen LogP contribution is 2.34. The summed E-state index contributed by atoms with van der Waals surface area (Å²) in [4.78, 5) is 28.5. The second kappa shape index (κ2) is 10.0. The molecule has 1 heterocycles. The number of amides is 3. The van der Waals surface area contributed by atoms with Gasteiger partial charge in [-0.25, -0.2) is 4.79 Å². The zero-order chi connectivity index (χ0) is 21.5. The van der Waals surface area contributed by atoms with E-state index in [0.717, 1.165) is 12.8 Å². The Bertz CT molecular complexity index is 872.